The van der Waals surface area contributed by atoms with Gasteiger partial charge in [-0.1, -0.05) is 0 Å². The van der Waals surface area contributed by atoms with Crippen LogP contribution in [0.15, 0.2) is 6.07 Å². The quantitative estimate of drug-likeness (QED) is 0.787. The van der Waals surface area contributed by atoms with E-state index >= 15 is 0 Å². The fourth-order valence-corrected chi connectivity index (χ4v) is 2.72. The largest absolute Gasteiger partial charge is 0.435 e. The topological polar surface area (TPSA) is 55.9 Å². The standard InChI is InChI=1S/C10H13F3N4/c11-10(12,13)7-1-8(14)17(16-7)6-2-9(3-6)4-15-5-9/h1,6,15H,2-5,14H2. The van der Waals surface area contributed by atoms with E-state index in [-0.39, 0.29) is 11.9 Å². The second-order valence-corrected chi connectivity index (χ2v) is 5.06. The van der Waals surface area contributed by atoms with Crippen LogP contribution >= 0.6 is 0 Å². The zero-order valence-electron chi connectivity index (χ0n) is 9.09. The molecule has 1 spiro atoms. The first-order chi connectivity index (χ1) is 7.90. The highest BCUT2D eigenvalue weighted by atomic mass is 19.4. The minimum absolute atomic E-state index is 0.0215. The SMILES string of the molecule is Nc1cc(C(F)(F)F)nn1C1CC2(CNC2)C1. The van der Waals surface area contributed by atoms with Crippen molar-refractivity contribution in [2.24, 2.45) is 5.41 Å². The van der Waals surface area contributed by atoms with Crippen LogP contribution in [0, 0.1) is 5.41 Å². The Bertz CT molecular complexity index is 439. The molecule has 3 rings (SSSR count). The Morgan fingerprint density at radius 2 is 2.06 bits per heavy atom. The van der Waals surface area contributed by atoms with E-state index in [9.17, 15) is 13.2 Å². The number of halogens is 3. The molecule has 2 heterocycles. The zero-order chi connectivity index (χ0) is 12.3. The van der Waals surface area contributed by atoms with Gasteiger partial charge in [0, 0.05) is 19.2 Å². The fourth-order valence-electron chi connectivity index (χ4n) is 2.72. The van der Waals surface area contributed by atoms with Crippen molar-refractivity contribution in [1.82, 2.24) is 15.1 Å². The van der Waals surface area contributed by atoms with Crippen LogP contribution in [0.2, 0.25) is 0 Å². The van der Waals surface area contributed by atoms with Crippen LogP contribution in [0.1, 0.15) is 24.6 Å². The van der Waals surface area contributed by atoms with E-state index in [1.807, 2.05) is 0 Å². The Hall–Kier alpha value is -1.24. The lowest BCUT2D eigenvalue weighted by molar-refractivity contribution is -0.141. The number of rotatable bonds is 1. The van der Waals surface area contributed by atoms with Gasteiger partial charge >= 0.3 is 6.18 Å². The van der Waals surface area contributed by atoms with Crippen molar-refractivity contribution in [1.29, 1.82) is 0 Å². The predicted molar refractivity (Wildman–Crippen MR) is 55.2 cm³/mol. The van der Waals surface area contributed by atoms with Crippen LogP contribution in [0.4, 0.5) is 19.0 Å². The van der Waals surface area contributed by atoms with Gasteiger partial charge < -0.3 is 11.1 Å². The van der Waals surface area contributed by atoms with E-state index in [0.717, 1.165) is 32.0 Å². The number of hydrogen-bond donors (Lipinski definition) is 2. The minimum atomic E-state index is -4.42. The molecule has 0 unspecified atom stereocenters. The lowest BCUT2D eigenvalue weighted by atomic mass is 9.62. The molecule has 1 saturated carbocycles. The number of hydrogen-bond acceptors (Lipinski definition) is 3. The summed E-state index contributed by atoms with van der Waals surface area (Å²) >= 11 is 0. The number of nitrogens with zero attached hydrogens (tertiary/aromatic N) is 2. The van der Waals surface area contributed by atoms with Gasteiger partial charge in [-0.25, -0.2) is 4.68 Å². The number of aromatic nitrogens is 2. The highest BCUT2D eigenvalue weighted by Gasteiger charge is 2.50. The van der Waals surface area contributed by atoms with Gasteiger partial charge in [-0.05, 0) is 18.3 Å². The molecule has 1 aliphatic heterocycles. The molecule has 94 valence electrons. The number of nitrogens with two attached hydrogens (primary N) is 1. The molecule has 2 aliphatic rings. The molecule has 4 nitrogen and oxygen atoms in total. The summed E-state index contributed by atoms with van der Waals surface area (Å²) in [6.45, 7) is 1.91. The molecule has 1 saturated heterocycles. The van der Waals surface area contributed by atoms with Crippen LogP contribution in [0.3, 0.4) is 0 Å². The summed E-state index contributed by atoms with van der Waals surface area (Å²) in [4.78, 5) is 0. The van der Waals surface area contributed by atoms with Crippen LogP contribution in [0.5, 0.6) is 0 Å². The summed E-state index contributed by atoms with van der Waals surface area (Å²) in [7, 11) is 0. The van der Waals surface area contributed by atoms with Crippen molar-refractivity contribution in [3.63, 3.8) is 0 Å². The van der Waals surface area contributed by atoms with Gasteiger partial charge in [-0.2, -0.15) is 18.3 Å². The Labute approximate surface area is 96.0 Å². The van der Waals surface area contributed by atoms with Gasteiger partial charge in [0.2, 0.25) is 0 Å². The van der Waals surface area contributed by atoms with Crippen molar-refractivity contribution in [3.05, 3.63) is 11.8 Å². The van der Waals surface area contributed by atoms with Gasteiger partial charge in [0.25, 0.3) is 0 Å². The highest BCUT2D eigenvalue weighted by molar-refractivity contribution is 5.33. The minimum Gasteiger partial charge on any atom is -0.384 e. The van der Waals surface area contributed by atoms with E-state index < -0.39 is 11.9 Å². The molecule has 1 aromatic heterocycles. The number of nitrogen functional groups attached to an aromatic ring is 1. The van der Waals surface area contributed by atoms with E-state index in [0.29, 0.717) is 5.41 Å². The number of nitrogens with one attached hydrogen (secondary N) is 1. The summed E-state index contributed by atoms with van der Waals surface area (Å²) in [5.41, 5.74) is 4.97. The molecular formula is C10H13F3N4. The summed E-state index contributed by atoms with van der Waals surface area (Å²) < 4.78 is 38.7. The summed E-state index contributed by atoms with van der Waals surface area (Å²) in [5, 5.41) is 6.75. The smallest absolute Gasteiger partial charge is 0.384 e. The first-order valence-corrected chi connectivity index (χ1v) is 5.53. The first-order valence-electron chi connectivity index (χ1n) is 5.53. The van der Waals surface area contributed by atoms with E-state index in [2.05, 4.69) is 10.4 Å². The Kier molecular flexibility index (Phi) is 2.02. The Morgan fingerprint density at radius 1 is 1.41 bits per heavy atom. The highest BCUT2D eigenvalue weighted by Crippen LogP contribution is 2.51. The van der Waals surface area contributed by atoms with Crippen molar-refractivity contribution < 1.29 is 13.2 Å². The third-order valence-corrected chi connectivity index (χ3v) is 3.74. The normalized spacial score (nSPS) is 23.5. The van der Waals surface area contributed by atoms with Gasteiger partial charge in [-0.15, -0.1) is 0 Å². The average Bonchev–Trinajstić information content (AvgIpc) is 2.42. The molecule has 1 aliphatic carbocycles. The molecule has 0 radical (unpaired) electrons. The second kappa shape index (κ2) is 3.16. The lowest BCUT2D eigenvalue weighted by Gasteiger charge is -2.54. The third-order valence-electron chi connectivity index (χ3n) is 3.74. The Balaban J connectivity index is 1.78. The molecule has 0 amide bonds. The summed E-state index contributed by atoms with van der Waals surface area (Å²) in [6.07, 6.45) is -2.69. The maximum atomic E-state index is 12.5. The van der Waals surface area contributed by atoms with Crippen molar-refractivity contribution in [3.8, 4) is 0 Å². The maximum Gasteiger partial charge on any atom is 0.435 e. The van der Waals surface area contributed by atoms with Gasteiger partial charge in [0.15, 0.2) is 5.69 Å². The first kappa shape index (κ1) is 10.9. The van der Waals surface area contributed by atoms with E-state index in [4.69, 9.17) is 5.73 Å². The van der Waals surface area contributed by atoms with Crippen molar-refractivity contribution in [2.75, 3.05) is 18.8 Å². The number of anilines is 1. The molecular weight excluding hydrogens is 233 g/mol. The second-order valence-electron chi connectivity index (χ2n) is 5.06. The van der Waals surface area contributed by atoms with Crippen LogP contribution in [-0.2, 0) is 6.18 Å². The van der Waals surface area contributed by atoms with Crippen molar-refractivity contribution in [2.45, 2.75) is 25.1 Å². The van der Waals surface area contributed by atoms with Gasteiger partial charge in [0.05, 0.1) is 6.04 Å². The van der Waals surface area contributed by atoms with E-state index in [1.165, 1.54) is 4.68 Å². The Morgan fingerprint density at radius 3 is 2.47 bits per heavy atom. The third kappa shape index (κ3) is 1.60. The molecule has 1 aromatic rings. The summed E-state index contributed by atoms with van der Waals surface area (Å²) in [6, 6.07) is 0.928. The zero-order valence-corrected chi connectivity index (χ0v) is 9.09. The van der Waals surface area contributed by atoms with E-state index in [1.54, 1.807) is 0 Å². The van der Waals surface area contributed by atoms with Crippen LogP contribution in [0.25, 0.3) is 0 Å². The lowest BCUT2D eigenvalue weighted by Crippen LogP contribution is -2.60. The van der Waals surface area contributed by atoms with Crippen LogP contribution in [-0.4, -0.2) is 22.9 Å². The fraction of sp³-hybridized carbons (Fsp3) is 0.700. The molecule has 0 bridgehead atoms. The maximum absolute atomic E-state index is 12.5. The molecule has 3 N–H and O–H groups in total. The average molecular weight is 246 g/mol. The summed E-state index contributed by atoms with van der Waals surface area (Å²) in [5.74, 6) is 0.101. The molecule has 2 fully saturated rings. The predicted octanol–water partition coefficient (Wildman–Crippen LogP) is 1.41. The molecule has 0 atom stereocenters. The van der Waals surface area contributed by atoms with Crippen molar-refractivity contribution >= 4 is 5.82 Å². The van der Waals surface area contributed by atoms with Crippen LogP contribution < -0.4 is 11.1 Å². The monoisotopic (exact) mass is 246 g/mol. The van der Waals surface area contributed by atoms with Gasteiger partial charge in [-0.3, -0.25) is 0 Å². The molecule has 7 heteroatoms. The van der Waals surface area contributed by atoms with Gasteiger partial charge in [0.1, 0.15) is 5.82 Å². The molecule has 0 aromatic carbocycles. The number of alkyl halides is 3. The molecule has 17 heavy (non-hydrogen) atoms.